The molecule has 0 saturated carbocycles. The number of fused-ring (bicyclic) bond motifs is 1. The third-order valence-electron chi connectivity index (χ3n) is 4.19. The number of amides is 1. The summed E-state index contributed by atoms with van der Waals surface area (Å²) in [4.78, 5) is 15.7. The van der Waals surface area contributed by atoms with Crippen molar-refractivity contribution in [3.8, 4) is 5.75 Å². The van der Waals surface area contributed by atoms with Crippen LogP contribution < -0.4 is 16.2 Å². The lowest BCUT2D eigenvalue weighted by atomic mass is 9.90. The van der Waals surface area contributed by atoms with Gasteiger partial charge in [0, 0.05) is 17.5 Å². The Labute approximate surface area is 152 Å². The molecule has 0 radical (unpaired) electrons. The van der Waals surface area contributed by atoms with E-state index in [1.807, 2.05) is 44.2 Å². The van der Waals surface area contributed by atoms with Crippen LogP contribution in [0.2, 0.25) is 0 Å². The van der Waals surface area contributed by atoms with Crippen LogP contribution in [0.4, 0.5) is 0 Å². The van der Waals surface area contributed by atoms with E-state index in [1.165, 1.54) is 0 Å². The maximum atomic E-state index is 12.1. The highest BCUT2D eigenvalue weighted by Gasteiger charge is 2.34. The third-order valence-corrected chi connectivity index (χ3v) is 4.19. The third kappa shape index (κ3) is 4.21. The molecule has 0 fully saturated rings. The van der Waals surface area contributed by atoms with E-state index in [4.69, 9.17) is 20.9 Å². The molecule has 0 aromatic heterocycles. The number of carbonyl (C=O) groups excluding carboxylic acids is 1. The van der Waals surface area contributed by atoms with E-state index in [-0.39, 0.29) is 17.7 Å². The van der Waals surface area contributed by atoms with Crippen LogP contribution in [0, 0.1) is 0 Å². The first-order chi connectivity index (χ1) is 12.3. The summed E-state index contributed by atoms with van der Waals surface area (Å²) in [6.07, 6.45) is 0.480. The molecule has 2 aromatic carbocycles. The first kappa shape index (κ1) is 17.9. The molecular formula is C20H23N3O3. The summed E-state index contributed by atoms with van der Waals surface area (Å²) in [6, 6.07) is 15.1. The maximum absolute atomic E-state index is 12.1. The molecule has 2 aromatic rings. The van der Waals surface area contributed by atoms with Gasteiger partial charge in [0.25, 0.3) is 5.91 Å². The van der Waals surface area contributed by atoms with Crippen molar-refractivity contribution in [2.75, 3.05) is 0 Å². The van der Waals surface area contributed by atoms with E-state index < -0.39 is 5.91 Å². The Hall–Kier alpha value is -2.86. The normalized spacial score (nSPS) is 17.7. The highest BCUT2D eigenvalue weighted by Crippen LogP contribution is 2.42. The number of rotatable bonds is 4. The van der Waals surface area contributed by atoms with Crippen molar-refractivity contribution in [2.45, 2.75) is 38.6 Å². The molecule has 136 valence electrons. The predicted octanol–water partition coefficient (Wildman–Crippen LogP) is 2.92. The molecule has 1 heterocycles. The maximum Gasteiger partial charge on any atom is 0.280 e. The van der Waals surface area contributed by atoms with Crippen LogP contribution in [0.25, 0.3) is 0 Å². The van der Waals surface area contributed by atoms with Gasteiger partial charge in [-0.3, -0.25) is 4.79 Å². The van der Waals surface area contributed by atoms with Crippen LogP contribution in [-0.2, 0) is 11.3 Å². The SMILES string of the molecule is CC1(C)CC(OCc2ccccc2)c2cc(C(=O)N=C(N)N)ccc2O1. The Bertz CT molecular complexity index is 827. The number of carbonyl (C=O) groups is 1. The van der Waals surface area contributed by atoms with Crippen molar-refractivity contribution < 1.29 is 14.3 Å². The van der Waals surface area contributed by atoms with Gasteiger partial charge < -0.3 is 20.9 Å². The number of hydrogen-bond acceptors (Lipinski definition) is 3. The van der Waals surface area contributed by atoms with E-state index in [9.17, 15) is 4.79 Å². The minimum absolute atomic E-state index is 0.194. The second kappa shape index (κ2) is 7.17. The van der Waals surface area contributed by atoms with Gasteiger partial charge >= 0.3 is 0 Å². The second-order valence-electron chi connectivity index (χ2n) is 6.95. The lowest BCUT2D eigenvalue weighted by Crippen LogP contribution is -2.35. The minimum atomic E-state index is -0.487. The molecular weight excluding hydrogens is 330 g/mol. The zero-order valence-corrected chi connectivity index (χ0v) is 14.9. The highest BCUT2D eigenvalue weighted by molar-refractivity contribution is 6.02. The van der Waals surface area contributed by atoms with Crippen molar-refractivity contribution in [3.05, 3.63) is 65.2 Å². The molecule has 3 rings (SSSR count). The Morgan fingerprint density at radius 1 is 1.23 bits per heavy atom. The standard InChI is InChI=1S/C20H23N3O3/c1-20(2)11-17(25-12-13-6-4-3-5-7-13)15-10-14(8-9-16(15)26-20)18(24)23-19(21)22/h3-10,17H,11-12H2,1-2H3,(H4,21,22,23,24). The van der Waals surface area contributed by atoms with Crippen molar-refractivity contribution in [1.82, 2.24) is 0 Å². The molecule has 1 aliphatic rings. The largest absolute Gasteiger partial charge is 0.487 e. The van der Waals surface area contributed by atoms with E-state index in [0.29, 0.717) is 24.3 Å². The lowest BCUT2D eigenvalue weighted by molar-refractivity contribution is -0.0390. The molecule has 0 bridgehead atoms. The number of nitrogens with zero attached hydrogens (tertiary/aromatic N) is 1. The van der Waals surface area contributed by atoms with Crippen LogP contribution in [0.3, 0.4) is 0 Å². The fourth-order valence-corrected chi connectivity index (χ4v) is 3.02. The predicted molar refractivity (Wildman–Crippen MR) is 99.9 cm³/mol. The van der Waals surface area contributed by atoms with E-state index in [1.54, 1.807) is 18.2 Å². The second-order valence-corrected chi connectivity index (χ2v) is 6.95. The van der Waals surface area contributed by atoms with Gasteiger partial charge in [0.1, 0.15) is 11.4 Å². The fraction of sp³-hybridized carbons (Fsp3) is 0.300. The van der Waals surface area contributed by atoms with E-state index in [0.717, 1.165) is 11.1 Å². The van der Waals surface area contributed by atoms with Gasteiger partial charge in [-0.1, -0.05) is 30.3 Å². The zero-order chi connectivity index (χ0) is 18.7. The topological polar surface area (TPSA) is 99.9 Å². The van der Waals surface area contributed by atoms with Gasteiger partial charge in [0.2, 0.25) is 0 Å². The molecule has 0 spiro atoms. The molecule has 1 amide bonds. The van der Waals surface area contributed by atoms with Gasteiger partial charge in [-0.15, -0.1) is 0 Å². The first-order valence-electron chi connectivity index (χ1n) is 8.46. The summed E-state index contributed by atoms with van der Waals surface area (Å²) >= 11 is 0. The van der Waals surface area contributed by atoms with Crippen molar-refractivity contribution in [3.63, 3.8) is 0 Å². The van der Waals surface area contributed by atoms with Gasteiger partial charge in [-0.25, -0.2) is 0 Å². The summed E-state index contributed by atoms with van der Waals surface area (Å²) in [5.41, 5.74) is 12.6. The lowest BCUT2D eigenvalue weighted by Gasteiger charge is -2.37. The van der Waals surface area contributed by atoms with Gasteiger partial charge in [-0.2, -0.15) is 4.99 Å². The first-order valence-corrected chi connectivity index (χ1v) is 8.46. The number of hydrogen-bond donors (Lipinski definition) is 2. The molecule has 4 N–H and O–H groups in total. The molecule has 6 heteroatoms. The Morgan fingerprint density at radius 3 is 2.65 bits per heavy atom. The van der Waals surface area contributed by atoms with E-state index in [2.05, 4.69) is 4.99 Å². The monoisotopic (exact) mass is 353 g/mol. The van der Waals surface area contributed by atoms with Crippen LogP contribution in [0.5, 0.6) is 5.75 Å². The number of aliphatic imine (C=N–C) groups is 1. The van der Waals surface area contributed by atoms with Crippen LogP contribution in [0.1, 0.15) is 47.9 Å². The minimum Gasteiger partial charge on any atom is -0.487 e. The van der Waals surface area contributed by atoms with Crippen molar-refractivity contribution in [1.29, 1.82) is 0 Å². The van der Waals surface area contributed by atoms with Crippen LogP contribution in [0.15, 0.2) is 53.5 Å². The molecule has 1 unspecified atom stereocenters. The summed E-state index contributed by atoms with van der Waals surface area (Å²) < 4.78 is 12.2. The number of nitrogens with two attached hydrogens (primary N) is 2. The molecule has 1 atom stereocenters. The van der Waals surface area contributed by atoms with Gasteiger partial charge in [-0.05, 0) is 37.6 Å². The van der Waals surface area contributed by atoms with Crippen LogP contribution >= 0.6 is 0 Å². The smallest absolute Gasteiger partial charge is 0.280 e. The molecule has 1 aliphatic heterocycles. The molecule has 0 aliphatic carbocycles. The fourth-order valence-electron chi connectivity index (χ4n) is 3.02. The number of guanidine groups is 1. The van der Waals surface area contributed by atoms with Crippen LogP contribution in [-0.4, -0.2) is 17.5 Å². The molecule has 6 nitrogen and oxygen atoms in total. The summed E-state index contributed by atoms with van der Waals surface area (Å²) in [7, 11) is 0. The summed E-state index contributed by atoms with van der Waals surface area (Å²) in [5, 5.41) is 0. The Balaban J connectivity index is 1.88. The Morgan fingerprint density at radius 2 is 1.96 bits per heavy atom. The van der Waals surface area contributed by atoms with Gasteiger partial charge in [0.15, 0.2) is 5.96 Å². The average Bonchev–Trinajstić information content (AvgIpc) is 2.58. The number of benzene rings is 2. The average molecular weight is 353 g/mol. The highest BCUT2D eigenvalue weighted by atomic mass is 16.5. The number of ether oxygens (including phenoxy) is 2. The van der Waals surface area contributed by atoms with Gasteiger partial charge in [0.05, 0.1) is 12.7 Å². The summed E-state index contributed by atoms with van der Waals surface area (Å²) in [5.74, 6) is -0.0398. The van der Waals surface area contributed by atoms with Crippen molar-refractivity contribution >= 4 is 11.9 Å². The quantitative estimate of drug-likeness (QED) is 0.650. The molecule has 26 heavy (non-hydrogen) atoms. The molecule has 0 saturated heterocycles. The summed E-state index contributed by atoms with van der Waals surface area (Å²) in [6.45, 7) is 4.52. The van der Waals surface area contributed by atoms with E-state index >= 15 is 0 Å². The zero-order valence-electron chi connectivity index (χ0n) is 14.9. The Kier molecular flexibility index (Phi) is 4.95. The van der Waals surface area contributed by atoms with Crippen molar-refractivity contribution in [2.24, 2.45) is 16.5 Å².